The summed E-state index contributed by atoms with van der Waals surface area (Å²) in [5, 5.41) is 11.8. The highest BCUT2D eigenvalue weighted by Crippen LogP contribution is 2.33. The highest BCUT2D eigenvalue weighted by Gasteiger charge is 2.21. The fourth-order valence-corrected chi connectivity index (χ4v) is 2.46. The Kier molecular flexibility index (Phi) is 5.71. The van der Waals surface area contributed by atoms with E-state index in [0.29, 0.717) is 11.5 Å². The van der Waals surface area contributed by atoms with Crippen LogP contribution in [0.5, 0.6) is 17.2 Å². The van der Waals surface area contributed by atoms with Gasteiger partial charge in [0.1, 0.15) is 28.4 Å². The number of methoxy groups -OCH3 is 3. The topological polar surface area (TPSA) is 94.1 Å². The molecule has 2 N–H and O–H groups in total. The lowest BCUT2D eigenvalue weighted by Gasteiger charge is -2.15. The van der Waals surface area contributed by atoms with Crippen LogP contribution in [0.2, 0.25) is 5.02 Å². The fourth-order valence-electron chi connectivity index (χ4n) is 2.25. The summed E-state index contributed by atoms with van der Waals surface area (Å²) in [4.78, 5) is 23.9. The van der Waals surface area contributed by atoms with Gasteiger partial charge in [-0.25, -0.2) is 4.79 Å². The van der Waals surface area contributed by atoms with Crippen molar-refractivity contribution in [3.05, 3.63) is 46.5 Å². The quantitative estimate of drug-likeness (QED) is 0.815. The lowest BCUT2D eigenvalue weighted by Crippen LogP contribution is -2.15. The second-order valence-electron chi connectivity index (χ2n) is 4.83. The predicted octanol–water partition coefficient (Wildman–Crippen LogP) is 3.32. The standard InChI is InChI=1S/C17H16ClNO6/c1-23-12-5-4-6-13(24-2)15(12)16(20)19-11-8-14(25-3)9(17(21)22)7-10(11)18/h4-8H,1-3H3,(H,19,20)(H,21,22). The van der Waals surface area contributed by atoms with Crippen LogP contribution in [-0.4, -0.2) is 38.3 Å². The summed E-state index contributed by atoms with van der Waals surface area (Å²) in [5.74, 6) is -1.01. The van der Waals surface area contributed by atoms with Crippen molar-refractivity contribution in [3.8, 4) is 17.2 Å². The van der Waals surface area contributed by atoms with Crippen LogP contribution in [0.4, 0.5) is 5.69 Å². The van der Waals surface area contributed by atoms with Crippen LogP contribution in [0.15, 0.2) is 30.3 Å². The van der Waals surface area contributed by atoms with Gasteiger partial charge in [-0.1, -0.05) is 17.7 Å². The van der Waals surface area contributed by atoms with Gasteiger partial charge in [-0.3, -0.25) is 4.79 Å². The lowest BCUT2D eigenvalue weighted by molar-refractivity contribution is 0.0693. The van der Waals surface area contributed by atoms with Crippen LogP contribution in [0.3, 0.4) is 0 Å². The molecule has 0 bridgehead atoms. The third kappa shape index (κ3) is 3.77. The smallest absolute Gasteiger partial charge is 0.339 e. The monoisotopic (exact) mass is 365 g/mol. The molecule has 2 rings (SSSR count). The first-order valence-electron chi connectivity index (χ1n) is 7.06. The maximum absolute atomic E-state index is 12.7. The second-order valence-corrected chi connectivity index (χ2v) is 5.24. The van der Waals surface area contributed by atoms with E-state index in [0.717, 1.165) is 0 Å². The molecule has 0 radical (unpaired) electrons. The van der Waals surface area contributed by atoms with Crippen molar-refractivity contribution in [3.63, 3.8) is 0 Å². The van der Waals surface area contributed by atoms with Gasteiger partial charge in [0.15, 0.2) is 0 Å². The summed E-state index contributed by atoms with van der Waals surface area (Å²) in [7, 11) is 4.19. The molecule has 7 nitrogen and oxygen atoms in total. The summed E-state index contributed by atoms with van der Waals surface area (Å²) < 4.78 is 15.4. The molecule has 0 aliphatic carbocycles. The van der Waals surface area contributed by atoms with Crippen molar-refractivity contribution in [2.75, 3.05) is 26.6 Å². The zero-order valence-electron chi connectivity index (χ0n) is 13.8. The molecule has 132 valence electrons. The zero-order valence-corrected chi connectivity index (χ0v) is 14.5. The first-order valence-corrected chi connectivity index (χ1v) is 7.43. The Labute approximate surface area is 149 Å². The van der Waals surface area contributed by atoms with Gasteiger partial charge in [0, 0.05) is 6.07 Å². The largest absolute Gasteiger partial charge is 0.496 e. The Bertz CT molecular complexity index is 799. The average Bonchev–Trinajstić information content (AvgIpc) is 2.61. The molecule has 0 saturated heterocycles. The van der Waals surface area contributed by atoms with Crippen LogP contribution in [0.25, 0.3) is 0 Å². The number of carbonyl (C=O) groups excluding carboxylic acids is 1. The maximum atomic E-state index is 12.7. The number of carboxylic acids is 1. The summed E-state index contributed by atoms with van der Waals surface area (Å²) in [6.45, 7) is 0. The Morgan fingerprint density at radius 1 is 1.00 bits per heavy atom. The normalized spacial score (nSPS) is 10.1. The van der Waals surface area contributed by atoms with E-state index >= 15 is 0 Å². The number of halogens is 1. The number of hydrogen-bond donors (Lipinski definition) is 2. The molecular formula is C17H16ClNO6. The van der Waals surface area contributed by atoms with Gasteiger partial charge in [-0.2, -0.15) is 0 Å². The summed E-state index contributed by atoms with van der Waals surface area (Å²) >= 11 is 6.09. The molecule has 0 fully saturated rings. The molecule has 0 aliphatic rings. The van der Waals surface area contributed by atoms with E-state index < -0.39 is 11.9 Å². The van der Waals surface area contributed by atoms with Gasteiger partial charge < -0.3 is 24.6 Å². The molecular weight excluding hydrogens is 350 g/mol. The summed E-state index contributed by atoms with van der Waals surface area (Å²) in [6, 6.07) is 7.47. The third-order valence-electron chi connectivity index (χ3n) is 3.42. The molecule has 0 unspecified atom stereocenters. The van der Waals surface area contributed by atoms with E-state index in [2.05, 4.69) is 5.32 Å². The average molecular weight is 366 g/mol. The molecule has 0 aliphatic heterocycles. The maximum Gasteiger partial charge on any atom is 0.339 e. The Morgan fingerprint density at radius 2 is 1.56 bits per heavy atom. The molecule has 0 saturated carbocycles. The highest BCUT2D eigenvalue weighted by atomic mass is 35.5. The van der Waals surface area contributed by atoms with Crippen LogP contribution in [-0.2, 0) is 0 Å². The minimum atomic E-state index is -1.19. The van der Waals surface area contributed by atoms with E-state index in [1.807, 2.05) is 0 Å². The van der Waals surface area contributed by atoms with Crippen LogP contribution < -0.4 is 19.5 Å². The predicted molar refractivity (Wildman–Crippen MR) is 92.5 cm³/mol. The van der Waals surface area contributed by atoms with Gasteiger partial charge in [0.2, 0.25) is 0 Å². The van der Waals surface area contributed by atoms with E-state index in [1.54, 1.807) is 18.2 Å². The third-order valence-corrected chi connectivity index (χ3v) is 3.74. The summed E-state index contributed by atoms with van der Waals surface area (Å²) in [5.41, 5.74) is 0.270. The molecule has 0 atom stereocenters. The molecule has 0 heterocycles. The Morgan fingerprint density at radius 3 is 2.04 bits per heavy atom. The lowest BCUT2D eigenvalue weighted by atomic mass is 10.1. The van der Waals surface area contributed by atoms with Gasteiger partial charge >= 0.3 is 5.97 Å². The van der Waals surface area contributed by atoms with Crippen molar-refractivity contribution in [1.29, 1.82) is 0 Å². The van der Waals surface area contributed by atoms with Crippen molar-refractivity contribution in [1.82, 2.24) is 0 Å². The first-order chi connectivity index (χ1) is 11.9. The Hall–Kier alpha value is -2.93. The minimum absolute atomic E-state index is 0.0559. The van der Waals surface area contributed by atoms with E-state index in [9.17, 15) is 9.59 Å². The summed E-state index contributed by atoms with van der Waals surface area (Å²) in [6.07, 6.45) is 0. The van der Waals surface area contributed by atoms with Crippen molar-refractivity contribution >= 4 is 29.2 Å². The van der Waals surface area contributed by atoms with E-state index in [-0.39, 0.29) is 27.6 Å². The van der Waals surface area contributed by atoms with Crippen LogP contribution in [0.1, 0.15) is 20.7 Å². The molecule has 0 spiro atoms. The number of carbonyl (C=O) groups is 2. The number of amides is 1. The zero-order chi connectivity index (χ0) is 18.6. The number of benzene rings is 2. The van der Waals surface area contributed by atoms with Gasteiger partial charge in [0.05, 0.1) is 32.0 Å². The van der Waals surface area contributed by atoms with Crippen molar-refractivity contribution in [2.45, 2.75) is 0 Å². The molecule has 2 aromatic carbocycles. The number of nitrogens with one attached hydrogen (secondary N) is 1. The SMILES string of the molecule is COc1cc(NC(=O)c2c(OC)cccc2OC)c(Cl)cc1C(=O)O. The number of hydrogen-bond acceptors (Lipinski definition) is 5. The van der Waals surface area contributed by atoms with Gasteiger partial charge in [-0.05, 0) is 18.2 Å². The fraction of sp³-hybridized carbons (Fsp3) is 0.176. The Balaban J connectivity index is 2.44. The van der Waals surface area contributed by atoms with E-state index in [4.69, 9.17) is 30.9 Å². The van der Waals surface area contributed by atoms with Crippen LogP contribution >= 0.6 is 11.6 Å². The second kappa shape index (κ2) is 7.76. The number of carboxylic acid groups (broad SMARTS) is 1. The van der Waals surface area contributed by atoms with Crippen molar-refractivity contribution < 1.29 is 28.9 Å². The number of aromatic carboxylic acids is 1. The van der Waals surface area contributed by atoms with Gasteiger partial charge in [0.25, 0.3) is 5.91 Å². The molecule has 1 amide bonds. The first kappa shape index (κ1) is 18.4. The minimum Gasteiger partial charge on any atom is -0.496 e. The highest BCUT2D eigenvalue weighted by molar-refractivity contribution is 6.34. The number of rotatable bonds is 6. The van der Waals surface area contributed by atoms with Crippen LogP contribution in [0, 0.1) is 0 Å². The number of ether oxygens (including phenoxy) is 3. The van der Waals surface area contributed by atoms with Gasteiger partial charge in [-0.15, -0.1) is 0 Å². The molecule has 8 heteroatoms. The molecule has 25 heavy (non-hydrogen) atoms. The molecule has 0 aromatic heterocycles. The molecule has 2 aromatic rings. The van der Waals surface area contributed by atoms with E-state index in [1.165, 1.54) is 33.5 Å². The number of anilines is 1. The van der Waals surface area contributed by atoms with Crippen molar-refractivity contribution in [2.24, 2.45) is 0 Å².